The predicted octanol–water partition coefficient (Wildman–Crippen LogP) is 6.17. The SMILES string of the molecule is O=C(OCc1ccccc1)C1C[C@H](O)C[C@H]1C1=Nc2cc(C#Cc3ccc4nc([C@@H]5C[C@@H](O)CN5C(=O)OCc5ccccc5)[nH]c4c3)ccc2C1. The summed E-state index contributed by atoms with van der Waals surface area (Å²) in [4.78, 5) is 40.7. The van der Waals surface area contributed by atoms with Crippen LogP contribution in [-0.2, 0) is 33.9 Å². The van der Waals surface area contributed by atoms with Gasteiger partial charge in [-0.3, -0.25) is 14.7 Å². The van der Waals surface area contributed by atoms with Crippen molar-refractivity contribution in [3.05, 3.63) is 131 Å². The van der Waals surface area contributed by atoms with Crippen molar-refractivity contribution in [3.63, 3.8) is 0 Å². The molecule has 5 aromatic rings. The number of H-pyrrole nitrogens is 1. The van der Waals surface area contributed by atoms with Crippen LogP contribution in [0.1, 0.15) is 58.9 Å². The summed E-state index contributed by atoms with van der Waals surface area (Å²) < 4.78 is 11.2. The summed E-state index contributed by atoms with van der Waals surface area (Å²) in [6, 6.07) is 30.3. The number of imidazole rings is 1. The molecule has 0 bridgehead atoms. The Morgan fingerprint density at radius 3 is 2.25 bits per heavy atom. The molecule has 2 aliphatic heterocycles. The Bertz CT molecular complexity index is 2210. The molecule has 5 atom stereocenters. The van der Waals surface area contributed by atoms with Crippen LogP contribution in [0.4, 0.5) is 10.5 Å². The molecule has 0 radical (unpaired) electrons. The molecule has 3 N–H and O–H groups in total. The van der Waals surface area contributed by atoms with Crippen LogP contribution in [0.2, 0.25) is 0 Å². The summed E-state index contributed by atoms with van der Waals surface area (Å²) in [5.41, 5.74) is 7.72. The molecule has 262 valence electrons. The topological polar surface area (TPSA) is 137 Å². The molecule has 2 fully saturated rings. The van der Waals surface area contributed by atoms with E-state index in [1.807, 2.05) is 97.1 Å². The van der Waals surface area contributed by atoms with Crippen molar-refractivity contribution in [2.45, 2.75) is 57.1 Å². The minimum absolute atomic E-state index is 0.149. The Morgan fingerprint density at radius 2 is 1.50 bits per heavy atom. The number of nitrogens with one attached hydrogen (secondary N) is 1. The summed E-state index contributed by atoms with van der Waals surface area (Å²) in [7, 11) is 0. The number of benzene rings is 4. The van der Waals surface area contributed by atoms with Crippen LogP contribution in [0.5, 0.6) is 0 Å². The second kappa shape index (κ2) is 14.5. The van der Waals surface area contributed by atoms with E-state index in [4.69, 9.17) is 19.5 Å². The number of carbonyl (C=O) groups excluding carboxylic acids is 2. The highest BCUT2D eigenvalue weighted by Gasteiger charge is 2.43. The van der Waals surface area contributed by atoms with E-state index in [1.54, 1.807) is 0 Å². The van der Waals surface area contributed by atoms with Gasteiger partial charge < -0.3 is 24.7 Å². The van der Waals surface area contributed by atoms with Crippen molar-refractivity contribution in [2.24, 2.45) is 16.8 Å². The molecule has 10 heteroatoms. The Morgan fingerprint density at radius 1 is 0.808 bits per heavy atom. The molecule has 3 aliphatic rings. The minimum Gasteiger partial charge on any atom is -0.461 e. The predicted molar refractivity (Wildman–Crippen MR) is 194 cm³/mol. The van der Waals surface area contributed by atoms with Gasteiger partial charge in [0.15, 0.2) is 0 Å². The van der Waals surface area contributed by atoms with E-state index in [2.05, 4.69) is 16.8 Å². The first kappa shape index (κ1) is 33.4. The van der Waals surface area contributed by atoms with Crippen LogP contribution in [0, 0.1) is 23.7 Å². The average molecular weight is 695 g/mol. The van der Waals surface area contributed by atoms with Crippen LogP contribution < -0.4 is 0 Å². The van der Waals surface area contributed by atoms with Crippen molar-refractivity contribution in [1.82, 2.24) is 14.9 Å². The lowest BCUT2D eigenvalue weighted by Gasteiger charge is -2.22. The van der Waals surface area contributed by atoms with Gasteiger partial charge in [0.05, 0.1) is 47.4 Å². The first-order chi connectivity index (χ1) is 25.4. The number of β-amino-alcohol motifs (C(OH)–C–C–N with tert-alkyl or cyclic N) is 1. The molecule has 1 aliphatic carbocycles. The van der Waals surface area contributed by atoms with Crippen LogP contribution in [-0.4, -0.2) is 61.6 Å². The standard InChI is InChI=1S/C42H38N4O6/c47-31-20-33(34(21-31)41(49)51-24-28-7-3-1-4-8-28)37-19-30-15-13-26(17-36(30)43-37)11-12-27-14-16-35-38(18-27)45-40(44-35)39-22-32(48)23-46(39)42(50)52-25-29-9-5-2-6-10-29/h1-10,13-18,31-34,39,47-48H,19-25H2,(H,44,45)/t31-,32-,33-,34?,39+/m1/s1. The van der Waals surface area contributed by atoms with E-state index < -0.39 is 30.3 Å². The van der Waals surface area contributed by atoms with Gasteiger partial charge >= 0.3 is 12.1 Å². The lowest BCUT2D eigenvalue weighted by Crippen LogP contribution is -2.32. The van der Waals surface area contributed by atoms with Gasteiger partial charge in [-0.15, -0.1) is 0 Å². The Kier molecular flexibility index (Phi) is 9.29. The van der Waals surface area contributed by atoms with Crippen LogP contribution in [0.3, 0.4) is 0 Å². The van der Waals surface area contributed by atoms with Crippen molar-refractivity contribution in [3.8, 4) is 11.8 Å². The minimum atomic E-state index is -0.677. The Hall–Kier alpha value is -5.76. The number of carbonyl (C=O) groups is 2. The van der Waals surface area contributed by atoms with Crippen LogP contribution in [0.25, 0.3) is 11.0 Å². The van der Waals surface area contributed by atoms with E-state index in [0.717, 1.165) is 50.2 Å². The van der Waals surface area contributed by atoms with Crippen molar-refractivity contribution in [2.75, 3.05) is 6.54 Å². The number of aromatic amines is 1. The van der Waals surface area contributed by atoms with Crippen molar-refractivity contribution in [1.29, 1.82) is 0 Å². The first-order valence-electron chi connectivity index (χ1n) is 17.6. The smallest absolute Gasteiger partial charge is 0.410 e. The second-order valence-corrected chi connectivity index (χ2v) is 13.8. The molecule has 52 heavy (non-hydrogen) atoms. The number of aliphatic hydroxyl groups excluding tert-OH is 2. The normalized spacial score (nSPS) is 22.1. The Labute approximate surface area is 301 Å². The highest BCUT2D eigenvalue weighted by molar-refractivity contribution is 5.98. The van der Waals surface area contributed by atoms with E-state index in [0.29, 0.717) is 31.5 Å². The highest BCUT2D eigenvalue weighted by atomic mass is 16.6. The monoisotopic (exact) mass is 694 g/mol. The molecule has 0 spiro atoms. The van der Waals surface area contributed by atoms with Crippen LogP contribution >= 0.6 is 0 Å². The number of likely N-dealkylation sites (tertiary alicyclic amines) is 1. The number of fused-ring (bicyclic) bond motifs is 2. The summed E-state index contributed by atoms with van der Waals surface area (Å²) in [6.07, 6.45) is 0.0990. The maximum absolute atomic E-state index is 13.1. The molecule has 3 heterocycles. The maximum atomic E-state index is 13.1. The fourth-order valence-electron chi connectivity index (χ4n) is 7.46. The largest absolute Gasteiger partial charge is 0.461 e. The van der Waals surface area contributed by atoms with Crippen molar-refractivity contribution >= 4 is 34.5 Å². The zero-order valence-electron chi connectivity index (χ0n) is 28.4. The quantitative estimate of drug-likeness (QED) is 0.137. The number of aliphatic imine (C=N–C) groups is 1. The van der Waals surface area contributed by atoms with Gasteiger partial charge in [-0.05, 0) is 59.9 Å². The number of esters is 1. The number of hydrogen-bond acceptors (Lipinski definition) is 8. The third-order valence-electron chi connectivity index (χ3n) is 10.1. The van der Waals surface area contributed by atoms with E-state index in [1.165, 1.54) is 4.90 Å². The van der Waals surface area contributed by atoms with E-state index in [-0.39, 0.29) is 31.6 Å². The third kappa shape index (κ3) is 7.19. The molecule has 10 nitrogen and oxygen atoms in total. The summed E-state index contributed by atoms with van der Waals surface area (Å²) in [5.74, 6) is 6.18. The number of aromatic nitrogens is 2. The fraction of sp³-hybridized carbons (Fsp3) is 0.286. The fourth-order valence-corrected chi connectivity index (χ4v) is 7.46. The number of hydrogen-bond donors (Lipinski definition) is 3. The lowest BCUT2D eigenvalue weighted by molar-refractivity contribution is -0.150. The molecular weight excluding hydrogens is 656 g/mol. The van der Waals surface area contributed by atoms with Gasteiger partial charge in [0, 0.05) is 35.6 Å². The highest BCUT2D eigenvalue weighted by Crippen LogP contribution is 2.40. The molecule has 1 saturated carbocycles. The molecule has 4 aromatic carbocycles. The van der Waals surface area contributed by atoms with Gasteiger partial charge in [0.2, 0.25) is 0 Å². The Balaban J connectivity index is 0.942. The summed E-state index contributed by atoms with van der Waals surface area (Å²) in [6.45, 7) is 0.524. The summed E-state index contributed by atoms with van der Waals surface area (Å²) >= 11 is 0. The van der Waals surface area contributed by atoms with Crippen molar-refractivity contribution < 1.29 is 29.3 Å². The number of aliphatic hydroxyl groups is 2. The zero-order chi connectivity index (χ0) is 35.6. The molecular formula is C42H38N4O6. The number of rotatable bonds is 7. The van der Waals surface area contributed by atoms with Gasteiger partial charge in [-0.1, -0.05) is 78.6 Å². The number of nitrogens with zero attached hydrogens (tertiary/aromatic N) is 3. The lowest BCUT2D eigenvalue weighted by atomic mass is 9.89. The average Bonchev–Trinajstić information content (AvgIpc) is 3.96. The molecule has 1 aromatic heterocycles. The zero-order valence-corrected chi connectivity index (χ0v) is 28.4. The first-order valence-corrected chi connectivity index (χ1v) is 17.6. The molecule has 1 unspecified atom stereocenters. The van der Waals surface area contributed by atoms with Crippen LogP contribution in [0.15, 0.2) is 102 Å². The van der Waals surface area contributed by atoms with E-state index in [9.17, 15) is 19.8 Å². The number of ether oxygens (including phenoxy) is 2. The molecule has 8 rings (SSSR count). The molecule has 1 saturated heterocycles. The maximum Gasteiger partial charge on any atom is 0.410 e. The second-order valence-electron chi connectivity index (χ2n) is 13.8. The van der Waals surface area contributed by atoms with E-state index >= 15 is 0 Å². The third-order valence-corrected chi connectivity index (χ3v) is 10.1. The van der Waals surface area contributed by atoms with Gasteiger partial charge in [-0.2, -0.15) is 0 Å². The summed E-state index contributed by atoms with van der Waals surface area (Å²) in [5, 5.41) is 21.0. The molecule has 1 amide bonds. The number of amides is 1. The van der Waals surface area contributed by atoms with Gasteiger partial charge in [0.25, 0.3) is 0 Å². The van der Waals surface area contributed by atoms with Gasteiger partial charge in [-0.25, -0.2) is 9.78 Å². The van der Waals surface area contributed by atoms with Gasteiger partial charge in [0.1, 0.15) is 19.0 Å².